The third-order valence-electron chi connectivity index (χ3n) is 3.16. The summed E-state index contributed by atoms with van der Waals surface area (Å²) in [6.45, 7) is 3.73. The van der Waals surface area contributed by atoms with Crippen molar-refractivity contribution in [3.05, 3.63) is 28.2 Å². The first-order valence-electron chi connectivity index (χ1n) is 6.73. The summed E-state index contributed by atoms with van der Waals surface area (Å²) in [5, 5.41) is 4.30. The van der Waals surface area contributed by atoms with Gasteiger partial charge >= 0.3 is 0 Å². The highest BCUT2D eigenvalue weighted by Gasteiger charge is 2.15. The Labute approximate surface area is 129 Å². The van der Waals surface area contributed by atoms with Gasteiger partial charge in [-0.3, -0.25) is 4.79 Å². The largest absolute Gasteiger partial charge is 0.491 e. The van der Waals surface area contributed by atoms with Crippen molar-refractivity contribution in [2.45, 2.75) is 12.8 Å². The number of carbonyl (C=O) groups excluding carboxylic acids is 1. The number of ether oxygens (including phenoxy) is 1. The highest BCUT2D eigenvalue weighted by Crippen LogP contribution is 2.27. The van der Waals surface area contributed by atoms with Gasteiger partial charge in [-0.25, -0.2) is 0 Å². The van der Waals surface area contributed by atoms with Crippen LogP contribution in [0.3, 0.4) is 0 Å². The zero-order valence-corrected chi connectivity index (χ0v) is 12.7. The van der Waals surface area contributed by atoms with Crippen LogP contribution in [0.25, 0.3) is 0 Å². The number of carbonyl (C=O) groups is 1. The van der Waals surface area contributed by atoms with Crippen LogP contribution in [0.1, 0.15) is 12.8 Å². The smallest absolute Gasteiger partial charge is 0.226 e. The monoisotopic (exact) mass is 316 g/mol. The Morgan fingerprint density at radius 3 is 2.95 bits per heavy atom. The Kier molecular flexibility index (Phi) is 5.95. The molecule has 6 heteroatoms. The summed E-state index contributed by atoms with van der Waals surface area (Å²) in [7, 11) is 0. The molecule has 0 radical (unpaired) electrons. The molecule has 1 amide bonds. The number of rotatable bonds is 4. The lowest BCUT2D eigenvalue weighted by Gasteiger charge is -2.20. The van der Waals surface area contributed by atoms with Crippen molar-refractivity contribution >= 4 is 29.1 Å². The molecule has 0 atom stereocenters. The van der Waals surface area contributed by atoms with Crippen LogP contribution in [0.5, 0.6) is 5.75 Å². The maximum absolute atomic E-state index is 12.0. The fourth-order valence-corrected chi connectivity index (χ4v) is 2.56. The first-order chi connectivity index (χ1) is 9.66. The lowest BCUT2D eigenvalue weighted by molar-refractivity contribution is -0.131. The van der Waals surface area contributed by atoms with Gasteiger partial charge in [0.05, 0.1) is 18.1 Å². The highest BCUT2D eigenvalue weighted by atomic mass is 35.5. The van der Waals surface area contributed by atoms with Crippen LogP contribution in [-0.4, -0.2) is 43.6 Å². The van der Waals surface area contributed by atoms with Gasteiger partial charge < -0.3 is 15.0 Å². The van der Waals surface area contributed by atoms with Gasteiger partial charge in [0.15, 0.2) is 0 Å². The molecule has 0 spiro atoms. The number of benzene rings is 1. The summed E-state index contributed by atoms with van der Waals surface area (Å²) in [6.07, 6.45) is 1.36. The molecule has 20 heavy (non-hydrogen) atoms. The molecule has 4 nitrogen and oxygen atoms in total. The molecule has 1 N–H and O–H groups in total. The van der Waals surface area contributed by atoms with Gasteiger partial charge in [0, 0.05) is 24.7 Å². The molecule has 1 aliphatic heterocycles. The number of halogens is 2. The van der Waals surface area contributed by atoms with Crippen LogP contribution in [0.4, 0.5) is 0 Å². The number of amides is 1. The van der Waals surface area contributed by atoms with Crippen molar-refractivity contribution in [3.8, 4) is 5.75 Å². The second-order valence-corrected chi connectivity index (χ2v) is 5.50. The van der Waals surface area contributed by atoms with E-state index in [1.54, 1.807) is 18.2 Å². The summed E-state index contributed by atoms with van der Waals surface area (Å²) >= 11 is 11.8. The van der Waals surface area contributed by atoms with Gasteiger partial charge in [0.1, 0.15) is 5.75 Å². The van der Waals surface area contributed by atoms with E-state index in [0.29, 0.717) is 28.8 Å². The highest BCUT2D eigenvalue weighted by molar-refractivity contribution is 6.35. The molecule has 0 unspecified atom stereocenters. The van der Waals surface area contributed by atoms with Gasteiger partial charge in [-0.1, -0.05) is 23.2 Å². The molecule has 1 aromatic carbocycles. The minimum atomic E-state index is 0.124. The molecule has 1 aromatic rings. The van der Waals surface area contributed by atoms with Crippen molar-refractivity contribution in [1.82, 2.24) is 10.2 Å². The third-order valence-corrected chi connectivity index (χ3v) is 3.69. The molecule has 0 saturated carbocycles. The van der Waals surface area contributed by atoms with Gasteiger partial charge in [-0.15, -0.1) is 0 Å². The topological polar surface area (TPSA) is 41.6 Å². The Morgan fingerprint density at radius 2 is 2.15 bits per heavy atom. The van der Waals surface area contributed by atoms with E-state index < -0.39 is 0 Å². The molecule has 110 valence electrons. The summed E-state index contributed by atoms with van der Waals surface area (Å²) in [6, 6.07) is 5.05. The van der Waals surface area contributed by atoms with E-state index in [4.69, 9.17) is 27.9 Å². The third kappa shape index (κ3) is 4.54. The fourth-order valence-electron chi connectivity index (χ4n) is 2.09. The van der Waals surface area contributed by atoms with Crippen molar-refractivity contribution in [2.24, 2.45) is 0 Å². The van der Waals surface area contributed by atoms with Crippen molar-refractivity contribution in [2.75, 3.05) is 32.8 Å². The van der Waals surface area contributed by atoms with E-state index in [1.807, 2.05) is 4.90 Å². The van der Waals surface area contributed by atoms with E-state index in [9.17, 15) is 4.79 Å². The standard InChI is InChI=1S/C14H18Cl2N2O2/c15-11-2-3-13(12(16)10-11)20-9-4-14(19)18-7-1-5-17-6-8-18/h2-3,10,17H,1,4-9H2. The normalized spacial score (nSPS) is 15.8. The van der Waals surface area contributed by atoms with Crippen LogP contribution < -0.4 is 10.1 Å². The minimum Gasteiger partial charge on any atom is -0.491 e. The van der Waals surface area contributed by atoms with Gasteiger partial charge in [-0.2, -0.15) is 0 Å². The van der Waals surface area contributed by atoms with Crippen molar-refractivity contribution < 1.29 is 9.53 Å². The van der Waals surface area contributed by atoms with Crippen molar-refractivity contribution in [3.63, 3.8) is 0 Å². The van der Waals surface area contributed by atoms with E-state index in [2.05, 4.69) is 5.32 Å². The second-order valence-electron chi connectivity index (χ2n) is 4.66. The molecule has 1 saturated heterocycles. The molecule has 2 rings (SSSR count). The lowest BCUT2D eigenvalue weighted by atomic mass is 10.3. The van der Waals surface area contributed by atoms with Gasteiger partial charge in [0.25, 0.3) is 0 Å². The van der Waals surface area contributed by atoms with Crippen molar-refractivity contribution in [1.29, 1.82) is 0 Å². The number of hydrogen-bond donors (Lipinski definition) is 1. The van der Waals surface area contributed by atoms with Crippen LogP contribution in [0, 0.1) is 0 Å². The minimum absolute atomic E-state index is 0.124. The Bertz CT molecular complexity index is 460. The Morgan fingerprint density at radius 1 is 1.30 bits per heavy atom. The van der Waals surface area contributed by atoms with E-state index in [1.165, 1.54) is 0 Å². The number of hydrogen-bond acceptors (Lipinski definition) is 3. The molecule has 0 bridgehead atoms. The van der Waals surface area contributed by atoms with Crippen LogP contribution in [0.2, 0.25) is 10.0 Å². The Hall–Kier alpha value is -0.970. The molecule has 1 heterocycles. The first-order valence-corrected chi connectivity index (χ1v) is 7.49. The van der Waals surface area contributed by atoms with E-state index in [0.717, 1.165) is 32.6 Å². The average Bonchev–Trinajstić information content (AvgIpc) is 2.70. The van der Waals surface area contributed by atoms with E-state index in [-0.39, 0.29) is 5.91 Å². The summed E-state index contributed by atoms with van der Waals surface area (Å²) in [5.74, 6) is 0.681. The SMILES string of the molecule is O=C(CCOc1ccc(Cl)cc1Cl)N1CCCNCC1. The molecule has 1 aliphatic rings. The number of nitrogens with zero attached hydrogens (tertiary/aromatic N) is 1. The molecule has 0 aromatic heterocycles. The maximum Gasteiger partial charge on any atom is 0.226 e. The first kappa shape index (κ1) is 15.4. The summed E-state index contributed by atoms with van der Waals surface area (Å²) in [5.41, 5.74) is 0. The molecule has 0 aliphatic carbocycles. The van der Waals surface area contributed by atoms with Gasteiger partial charge in [-0.05, 0) is 31.2 Å². The Balaban J connectivity index is 1.78. The second kappa shape index (κ2) is 7.72. The average molecular weight is 317 g/mol. The lowest BCUT2D eigenvalue weighted by Crippen LogP contribution is -2.34. The maximum atomic E-state index is 12.0. The zero-order chi connectivity index (χ0) is 14.4. The van der Waals surface area contributed by atoms with E-state index >= 15 is 0 Å². The predicted molar refractivity (Wildman–Crippen MR) is 80.6 cm³/mol. The fraction of sp³-hybridized carbons (Fsp3) is 0.500. The summed E-state index contributed by atoms with van der Waals surface area (Å²) < 4.78 is 5.53. The quantitative estimate of drug-likeness (QED) is 0.928. The van der Waals surface area contributed by atoms with Gasteiger partial charge in [0.2, 0.25) is 5.91 Å². The summed E-state index contributed by atoms with van der Waals surface area (Å²) in [4.78, 5) is 13.9. The zero-order valence-electron chi connectivity index (χ0n) is 11.2. The van der Waals surface area contributed by atoms with Crippen LogP contribution in [-0.2, 0) is 4.79 Å². The molecular formula is C14H18Cl2N2O2. The van der Waals surface area contributed by atoms with Crippen LogP contribution >= 0.6 is 23.2 Å². The molecule has 1 fully saturated rings. The van der Waals surface area contributed by atoms with Crippen LogP contribution in [0.15, 0.2) is 18.2 Å². The molecular weight excluding hydrogens is 299 g/mol. The predicted octanol–water partition coefficient (Wildman–Crippen LogP) is 2.58. The number of nitrogens with one attached hydrogen (secondary N) is 1.